The SMILES string of the molecule is CC(C)(C)[Si](C)(C)OC(c1ccccc1)C(C)(C)[Si](C)(C)OCC1CCCCC1. The van der Waals surface area contributed by atoms with Gasteiger partial charge in [-0.1, -0.05) is 84.2 Å². The van der Waals surface area contributed by atoms with E-state index < -0.39 is 16.6 Å². The van der Waals surface area contributed by atoms with E-state index in [9.17, 15) is 0 Å². The van der Waals surface area contributed by atoms with E-state index in [-0.39, 0.29) is 16.2 Å². The first-order chi connectivity index (χ1) is 13.3. The van der Waals surface area contributed by atoms with Crippen LogP contribution in [0.3, 0.4) is 0 Å². The van der Waals surface area contributed by atoms with Crippen molar-refractivity contribution < 1.29 is 8.85 Å². The minimum absolute atomic E-state index is 0.0292. The van der Waals surface area contributed by atoms with Crippen molar-refractivity contribution in [3.05, 3.63) is 35.9 Å². The first-order valence-electron chi connectivity index (χ1n) is 11.6. The zero-order chi connectivity index (χ0) is 21.9. The van der Waals surface area contributed by atoms with Gasteiger partial charge in [0.05, 0.1) is 6.10 Å². The standard InChI is InChI=1S/C25H46O2Si2/c1-24(2,3)28(6,7)27-23(22-18-14-11-15-19-22)25(4,5)29(8,9)26-20-21-16-12-10-13-17-21/h11,14-15,18-19,21,23H,10,12-13,16-17,20H2,1-9H3. The quantitative estimate of drug-likeness (QED) is 0.383. The molecule has 0 heterocycles. The number of hydrogen-bond acceptors (Lipinski definition) is 2. The van der Waals surface area contributed by atoms with Crippen LogP contribution >= 0.6 is 0 Å². The molecule has 1 saturated carbocycles. The van der Waals surface area contributed by atoms with Crippen molar-refractivity contribution in [3.63, 3.8) is 0 Å². The smallest absolute Gasteiger partial charge is 0.195 e. The molecule has 0 N–H and O–H groups in total. The molecule has 29 heavy (non-hydrogen) atoms. The second-order valence-corrected chi connectivity index (χ2v) is 21.1. The van der Waals surface area contributed by atoms with E-state index in [1.54, 1.807) is 0 Å². The summed E-state index contributed by atoms with van der Waals surface area (Å²) in [5, 5.41) is 0.156. The summed E-state index contributed by atoms with van der Waals surface area (Å²) < 4.78 is 13.9. The lowest BCUT2D eigenvalue weighted by Gasteiger charge is -2.49. The molecule has 0 aromatic heterocycles. The number of benzene rings is 1. The summed E-state index contributed by atoms with van der Waals surface area (Å²) in [4.78, 5) is 0. The largest absolute Gasteiger partial charge is 0.416 e. The number of rotatable bonds is 8. The van der Waals surface area contributed by atoms with Crippen molar-refractivity contribution in [2.24, 2.45) is 5.92 Å². The molecule has 1 aromatic rings. The summed E-state index contributed by atoms with van der Waals surface area (Å²) >= 11 is 0. The van der Waals surface area contributed by atoms with Crippen LogP contribution in [0.5, 0.6) is 0 Å². The third-order valence-corrected chi connectivity index (χ3v) is 16.6. The highest BCUT2D eigenvalue weighted by Gasteiger charge is 2.51. The van der Waals surface area contributed by atoms with E-state index >= 15 is 0 Å². The molecule has 1 aromatic carbocycles. The van der Waals surface area contributed by atoms with Crippen molar-refractivity contribution in [3.8, 4) is 0 Å². The Labute approximate surface area is 183 Å². The van der Waals surface area contributed by atoms with Crippen LogP contribution in [0.1, 0.15) is 78.4 Å². The molecule has 1 unspecified atom stereocenters. The molecule has 0 aliphatic heterocycles. The first-order valence-corrected chi connectivity index (χ1v) is 17.5. The molecule has 166 valence electrons. The van der Waals surface area contributed by atoms with Gasteiger partial charge in [0, 0.05) is 11.6 Å². The Kier molecular flexibility index (Phi) is 8.03. The van der Waals surface area contributed by atoms with Crippen molar-refractivity contribution in [2.45, 2.75) is 109 Å². The molecule has 1 fully saturated rings. The summed E-state index contributed by atoms with van der Waals surface area (Å²) in [7, 11) is -3.95. The van der Waals surface area contributed by atoms with E-state index in [0.717, 1.165) is 12.5 Å². The number of hydrogen-bond donors (Lipinski definition) is 0. The topological polar surface area (TPSA) is 18.5 Å². The molecule has 0 saturated heterocycles. The molecule has 0 spiro atoms. The summed E-state index contributed by atoms with van der Waals surface area (Å²) in [5.74, 6) is 0.753. The van der Waals surface area contributed by atoms with E-state index in [2.05, 4.69) is 91.1 Å². The maximum Gasteiger partial charge on any atom is 0.195 e. The van der Waals surface area contributed by atoms with Crippen LogP contribution in [-0.2, 0) is 8.85 Å². The van der Waals surface area contributed by atoms with Gasteiger partial charge in [-0.15, -0.1) is 0 Å². The average Bonchev–Trinajstić information content (AvgIpc) is 2.65. The minimum atomic E-state index is -2.02. The maximum atomic E-state index is 7.13. The minimum Gasteiger partial charge on any atom is -0.416 e. The summed E-state index contributed by atoms with van der Waals surface area (Å²) in [6, 6.07) is 10.9. The Morgan fingerprint density at radius 3 is 1.93 bits per heavy atom. The fraction of sp³-hybridized carbons (Fsp3) is 0.760. The average molecular weight is 435 g/mol. The van der Waals surface area contributed by atoms with Crippen molar-refractivity contribution in [2.75, 3.05) is 6.61 Å². The van der Waals surface area contributed by atoms with E-state index in [1.807, 2.05) is 0 Å². The second kappa shape index (κ2) is 9.38. The van der Waals surface area contributed by atoms with Crippen molar-refractivity contribution in [1.82, 2.24) is 0 Å². The Hall–Kier alpha value is -0.426. The molecule has 0 bridgehead atoms. The monoisotopic (exact) mass is 434 g/mol. The van der Waals surface area contributed by atoms with Gasteiger partial charge < -0.3 is 8.85 Å². The lowest BCUT2D eigenvalue weighted by molar-refractivity contribution is 0.116. The summed E-state index contributed by atoms with van der Waals surface area (Å²) in [5.41, 5.74) is 1.30. The van der Waals surface area contributed by atoms with Crippen molar-refractivity contribution in [1.29, 1.82) is 0 Å². The van der Waals surface area contributed by atoms with Crippen LogP contribution in [0.4, 0.5) is 0 Å². The molecule has 0 radical (unpaired) electrons. The van der Waals surface area contributed by atoms with Crippen LogP contribution in [0.2, 0.25) is 36.3 Å². The van der Waals surface area contributed by atoms with Crippen molar-refractivity contribution >= 4 is 16.6 Å². The third-order valence-electron chi connectivity index (χ3n) is 7.93. The van der Waals surface area contributed by atoms with Gasteiger partial charge in [-0.2, -0.15) is 0 Å². The first kappa shape index (κ1) is 24.8. The summed E-state index contributed by atoms with van der Waals surface area (Å²) in [6.07, 6.45) is 6.90. The van der Waals surface area contributed by atoms with Crippen LogP contribution in [0.25, 0.3) is 0 Å². The Balaban J connectivity index is 2.28. The Bertz CT molecular complexity index is 626. The van der Waals surface area contributed by atoms with Gasteiger partial charge >= 0.3 is 0 Å². The zero-order valence-electron chi connectivity index (χ0n) is 20.6. The maximum absolute atomic E-state index is 7.13. The summed E-state index contributed by atoms with van der Waals surface area (Å²) in [6.45, 7) is 22.3. The third kappa shape index (κ3) is 6.06. The molecule has 1 aliphatic rings. The second-order valence-electron chi connectivity index (χ2n) is 11.7. The molecule has 2 nitrogen and oxygen atoms in total. The molecule has 0 amide bonds. The van der Waals surface area contributed by atoms with E-state index in [0.29, 0.717) is 0 Å². The van der Waals surface area contributed by atoms with Gasteiger partial charge in [-0.05, 0) is 55.5 Å². The molecular formula is C25H46O2Si2. The molecular weight excluding hydrogens is 388 g/mol. The molecule has 1 aliphatic carbocycles. The highest BCUT2D eigenvalue weighted by Crippen LogP contribution is 2.53. The van der Waals surface area contributed by atoms with Crippen LogP contribution in [0, 0.1) is 5.92 Å². The zero-order valence-corrected chi connectivity index (χ0v) is 22.6. The lowest BCUT2D eigenvalue weighted by atomic mass is 9.90. The Morgan fingerprint density at radius 1 is 0.862 bits per heavy atom. The van der Waals surface area contributed by atoms with Crippen LogP contribution < -0.4 is 0 Å². The lowest BCUT2D eigenvalue weighted by Crippen LogP contribution is -2.51. The van der Waals surface area contributed by atoms with E-state index in [1.165, 1.54) is 37.7 Å². The normalized spacial score (nSPS) is 18.7. The fourth-order valence-corrected chi connectivity index (χ4v) is 7.29. The highest BCUT2D eigenvalue weighted by molar-refractivity contribution is 6.75. The van der Waals surface area contributed by atoms with Gasteiger partial charge in [-0.25, -0.2) is 0 Å². The predicted octanol–water partition coefficient (Wildman–Crippen LogP) is 8.33. The van der Waals surface area contributed by atoms with Gasteiger partial charge in [-0.3, -0.25) is 0 Å². The van der Waals surface area contributed by atoms with Gasteiger partial charge in [0.2, 0.25) is 0 Å². The fourth-order valence-electron chi connectivity index (χ4n) is 3.91. The highest BCUT2D eigenvalue weighted by atomic mass is 28.4. The Morgan fingerprint density at radius 2 is 1.41 bits per heavy atom. The van der Waals surface area contributed by atoms with Crippen LogP contribution in [0.15, 0.2) is 30.3 Å². The van der Waals surface area contributed by atoms with Gasteiger partial charge in [0.25, 0.3) is 0 Å². The molecule has 1 atom stereocenters. The van der Waals surface area contributed by atoms with E-state index in [4.69, 9.17) is 8.85 Å². The predicted molar refractivity (Wildman–Crippen MR) is 132 cm³/mol. The van der Waals surface area contributed by atoms with Gasteiger partial charge in [0.1, 0.15) is 0 Å². The molecule has 2 rings (SSSR count). The molecule has 4 heteroatoms. The van der Waals surface area contributed by atoms with Gasteiger partial charge in [0.15, 0.2) is 16.6 Å². The van der Waals surface area contributed by atoms with Crippen LogP contribution in [-0.4, -0.2) is 23.2 Å².